The molecule has 1 amide bonds. The molecule has 2 saturated heterocycles. The van der Waals surface area contributed by atoms with E-state index in [0.29, 0.717) is 12.8 Å². The van der Waals surface area contributed by atoms with Crippen LogP contribution in [0.25, 0.3) is 0 Å². The Hall–Kier alpha value is -1.59. The largest absolute Gasteiger partial charge is 0.498 e. The van der Waals surface area contributed by atoms with E-state index >= 15 is 0 Å². The smallest absolute Gasteiger partial charge is 0.444 e. The summed E-state index contributed by atoms with van der Waals surface area (Å²) in [5, 5.41) is 7.32. The van der Waals surface area contributed by atoms with Crippen LogP contribution in [0.2, 0.25) is 0 Å². The third-order valence-electron chi connectivity index (χ3n) is 6.33. The molecule has 1 aromatic rings. The van der Waals surface area contributed by atoms with E-state index in [-0.39, 0.29) is 18.1 Å². The highest BCUT2D eigenvalue weighted by molar-refractivity contribution is 7.91. The van der Waals surface area contributed by atoms with E-state index < -0.39 is 45.4 Å². The molecule has 0 unspecified atom stereocenters. The van der Waals surface area contributed by atoms with Crippen LogP contribution >= 0.6 is 0 Å². The Balaban J connectivity index is 1.82. The predicted molar refractivity (Wildman–Crippen MR) is 118 cm³/mol. The Kier molecular flexibility index (Phi) is 6.03. The zero-order valence-electron chi connectivity index (χ0n) is 19.5. The second kappa shape index (κ2) is 7.77. The number of carbonyl (C=O) groups is 1. The molecule has 0 atom stereocenters. The van der Waals surface area contributed by atoms with Crippen LogP contribution < -0.4 is 10.8 Å². The number of aromatic nitrogens is 2. The number of ether oxygens (including phenoxy) is 1. The van der Waals surface area contributed by atoms with Crippen LogP contribution in [0.5, 0.6) is 0 Å². The molecule has 11 heteroatoms. The number of alkyl carbamates (subject to hydrolysis) is 1. The van der Waals surface area contributed by atoms with E-state index in [1.807, 2.05) is 33.9 Å². The molecule has 0 saturated carbocycles. The van der Waals surface area contributed by atoms with Gasteiger partial charge in [0.1, 0.15) is 5.60 Å². The lowest BCUT2D eigenvalue weighted by Crippen LogP contribution is -2.51. The van der Waals surface area contributed by atoms with Gasteiger partial charge in [-0.15, -0.1) is 0 Å². The molecule has 174 valence electrons. The Labute approximate surface area is 185 Å². The summed E-state index contributed by atoms with van der Waals surface area (Å²) in [5.41, 5.74) is -1.50. The van der Waals surface area contributed by atoms with Gasteiger partial charge >= 0.3 is 13.2 Å². The van der Waals surface area contributed by atoms with Crippen LogP contribution in [0, 0.1) is 0 Å². The zero-order valence-corrected chi connectivity index (χ0v) is 20.3. The number of carbonyl (C=O) groups excluding carboxylic acids is 1. The molecule has 2 aliphatic heterocycles. The Morgan fingerprint density at radius 1 is 1.19 bits per heavy atom. The third-order valence-corrected chi connectivity index (χ3v) is 7.98. The van der Waals surface area contributed by atoms with Gasteiger partial charge in [0.25, 0.3) is 0 Å². The normalized spacial score (nSPS) is 24.0. The molecule has 1 aromatic heterocycles. The SMILES string of the molecule is CC(C)(C)OC(=O)NCC1(n2cc(B3OC(C)(C)C(C)(C)O3)cn2)CCS(=O)(=O)CC1. The van der Waals surface area contributed by atoms with E-state index in [4.69, 9.17) is 14.0 Å². The minimum absolute atomic E-state index is 0.0364. The van der Waals surface area contributed by atoms with E-state index in [9.17, 15) is 13.2 Å². The molecule has 0 aromatic carbocycles. The molecule has 2 aliphatic rings. The van der Waals surface area contributed by atoms with Crippen molar-refractivity contribution in [3.8, 4) is 0 Å². The molecule has 2 fully saturated rings. The fraction of sp³-hybridized carbons (Fsp3) is 0.800. The van der Waals surface area contributed by atoms with Crippen molar-refractivity contribution < 1.29 is 27.3 Å². The zero-order chi connectivity index (χ0) is 23.3. The van der Waals surface area contributed by atoms with Crippen LogP contribution in [0.3, 0.4) is 0 Å². The van der Waals surface area contributed by atoms with Crippen LogP contribution in [0.4, 0.5) is 4.79 Å². The van der Waals surface area contributed by atoms with E-state index in [2.05, 4.69) is 10.4 Å². The summed E-state index contributed by atoms with van der Waals surface area (Å²) in [7, 11) is -3.67. The molecule has 0 aliphatic carbocycles. The molecule has 0 radical (unpaired) electrons. The molecule has 9 nitrogen and oxygen atoms in total. The highest BCUT2D eigenvalue weighted by Gasteiger charge is 2.52. The molecular weight excluding hydrogens is 421 g/mol. The van der Waals surface area contributed by atoms with Crippen molar-refractivity contribution in [2.75, 3.05) is 18.1 Å². The van der Waals surface area contributed by atoms with Crippen molar-refractivity contribution in [1.29, 1.82) is 0 Å². The van der Waals surface area contributed by atoms with Gasteiger partial charge in [-0.05, 0) is 61.3 Å². The minimum atomic E-state index is -3.10. The Bertz CT molecular complexity index is 905. The van der Waals surface area contributed by atoms with Crippen molar-refractivity contribution in [3.05, 3.63) is 12.4 Å². The van der Waals surface area contributed by atoms with Gasteiger partial charge in [-0.1, -0.05) is 0 Å². The number of hydrogen-bond acceptors (Lipinski definition) is 7. The average Bonchev–Trinajstić information content (AvgIpc) is 3.16. The number of rotatable bonds is 4. The molecule has 3 heterocycles. The van der Waals surface area contributed by atoms with Gasteiger partial charge in [0.15, 0.2) is 9.84 Å². The van der Waals surface area contributed by atoms with Crippen LogP contribution in [0.15, 0.2) is 12.4 Å². The highest BCUT2D eigenvalue weighted by Crippen LogP contribution is 2.37. The number of sulfone groups is 1. The Morgan fingerprint density at radius 3 is 2.26 bits per heavy atom. The van der Waals surface area contributed by atoms with Crippen LogP contribution in [-0.2, 0) is 29.4 Å². The maximum absolute atomic E-state index is 12.2. The summed E-state index contributed by atoms with van der Waals surface area (Å²) >= 11 is 0. The van der Waals surface area contributed by atoms with Crippen molar-refractivity contribution in [3.63, 3.8) is 0 Å². The lowest BCUT2D eigenvalue weighted by atomic mass is 9.81. The van der Waals surface area contributed by atoms with Gasteiger partial charge in [0.2, 0.25) is 0 Å². The fourth-order valence-corrected chi connectivity index (χ4v) is 5.24. The Morgan fingerprint density at radius 2 is 1.74 bits per heavy atom. The molecule has 3 rings (SSSR count). The monoisotopic (exact) mass is 455 g/mol. The van der Waals surface area contributed by atoms with Crippen molar-refractivity contribution in [2.45, 2.75) is 83.6 Å². The first-order valence-electron chi connectivity index (χ1n) is 10.6. The molecule has 0 bridgehead atoms. The van der Waals surface area contributed by atoms with E-state index in [0.717, 1.165) is 5.46 Å². The van der Waals surface area contributed by atoms with E-state index in [1.165, 1.54) is 0 Å². The first kappa shape index (κ1) is 24.1. The maximum Gasteiger partial charge on any atom is 0.498 e. The van der Waals surface area contributed by atoms with Gasteiger partial charge in [-0.25, -0.2) is 13.2 Å². The summed E-state index contributed by atoms with van der Waals surface area (Å²) in [6.07, 6.45) is 3.65. The van der Waals surface area contributed by atoms with Gasteiger partial charge in [-0.3, -0.25) is 4.68 Å². The topological polar surface area (TPSA) is 109 Å². The average molecular weight is 455 g/mol. The molecule has 0 spiro atoms. The van der Waals surface area contributed by atoms with Crippen molar-refractivity contribution >= 4 is 28.5 Å². The van der Waals surface area contributed by atoms with Gasteiger partial charge in [-0.2, -0.15) is 5.10 Å². The predicted octanol–water partition coefficient (Wildman–Crippen LogP) is 1.61. The van der Waals surface area contributed by atoms with Gasteiger partial charge < -0.3 is 19.4 Å². The molecular formula is C20H34BN3O6S. The van der Waals surface area contributed by atoms with Gasteiger partial charge in [0, 0.05) is 24.4 Å². The quantitative estimate of drug-likeness (QED) is 0.687. The first-order chi connectivity index (χ1) is 14.0. The summed E-state index contributed by atoms with van der Waals surface area (Å²) in [4.78, 5) is 12.2. The summed E-state index contributed by atoms with van der Waals surface area (Å²) in [6, 6.07) is 0. The first-order valence-corrected chi connectivity index (χ1v) is 12.4. The maximum atomic E-state index is 12.2. The van der Waals surface area contributed by atoms with Gasteiger partial charge in [0.05, 0.1) is 28.2 Å². The third kappa shape index (κ3) is 5.26. The summed E-state index contributed by atoms with van der Waals surface area (Å²) < 4.78 is 43.5. The molecule has 1 N–H and O–H groups in total. The number of amides is 1. The highest BCUT2D eigenvalue weighted by atomic mass is 32.2. The van der Waals surface area contributed by atoms with Crippen LogP contribution in [0.1, 0.15) is 61.3 Å². The summed E-state index contributed by atoms with van der Waals surface area (Å²) in [5.74, 6) is 0.0728. The van der Waals surface area contributed by atoms with E-state index in [1.54, 1.807) is 31.6 Å². The fourth-order valence-electron chi connectivity index (χ4n) is 3.65. The second-order valence-corrected chi connectivity index (χ2v) is 12.8. The number of nitrogens with zero attached hydrogens (tertiary/aromatic N) is 2. The van der Waals surface area contributed by atoms with Crippen molar-refractivity contribution in [2.24, 2.45) is 0 Å². The lowest BCUT2D eigenvalue weighted by molar-refractivity contribution is 0.00578. The van der Waals surface area contributed by atoms with Crippen LogP contribution in [-0.4, -0.2) is 66.3 Å². The minimum Gasteiger partial charge on any atom is -0.444 e. The van der Waals surface area contributed by atoms with Crippen molar-refractivity contribution in [1.82, 2.24) is 15.1 Å². The summed E-state index contributed by atoms with van der Waals surface area (Å²) in [6.45, 7) is 13.5. The number of hydrogen-bond donors (Lipinski definition) is 1. The molecule has 31 heavy (non-hydrogen) atoms. The lowest BCUT2D eigenvalue weighted by Gasteiger charge is -2.37. The number of nitrogens with one attached hydrogen (secondary N) is 1. The second-order valence-electron chi connectivity index (χ2n) is 10.5. The standard InChI is InChI=1S/C20H34BN3O6S/c1-17(2,3)28-16(25)22-14-20(8-10-31(26,27)11-9-20)24-13-15(12-23-24)21-29-18(4,5)19(6,7)30-21/h12-13H,8-11,14H2,1-7H3,(H,22,25).